The van der Waals surface area contributed by atoms with E-state index in [1.54, 1.807) is 17.0 Å². The van der Waals surface area contributed by atoms with Crippen molar-refractivity contribution in [3.05, 3.63) is 47.3 Å². The van der Waals surface area contributed by atoms with E-state index in [9.17, 15) is 9.59 Å². The van der Waals surface area contributed by atoms with Gasteiger partial charge in [-0.25, -0.2) is 4.79 Å². The molecule has 0 N–H and O–H groups in total. The summed E-state index contributed by atoms with van der Waals surface area (Å²) in [6, 6.07) is 9.02. The van der Waals surface area contributed by atoms with Gasteiger partial charge in [0.15, 0.2) is 6.61 Å². The summed E-state index contributed by atoms with van der Waals surface area (Å²) >= 11 is 1.46. The van der Waals surface area contributed by atoms with Crippen molar-refractivity contribution in [3.8, 4) is 0 Å². The third-order valence-electron chi connectivity index (χ3n) is 4.25. The molecule has 0 saturated carbocycles. The lowest BCUT2D eigenvalue weighted by atomic mass is 10.2. The maximum Gasteiger partial charge on any atom is 0.339 e. The van der Waals surface area contributed by atoms with E-state index in [2.05, 4.69) is 5.16 Å². The number of thioether (sulfide) groups is 1. The zero-order chi connectivity index (χ0) is 20.1. The number of amides is 1. The molecule has 7 nitrogen and oxygen atoms in total. The summed E-state index contributed by atoms with van der Waals surface area (Å²) in [7, 11) is 0. The van der Waals surface area contributed by atoms with Crippen LogP contribution in [0.4, 0.5) is 0 Å². The first-order valence-corrected chi connectivity index (χ1v) is 10.2. The SMILES string of the molecule is Cc1cc(CSc2ccccc2C(=O)OCC(=O)N2C[C@@H](C)O[C@@H](C)C2)on1. The fourth-order valence-electron chi connectivity index (χ4n) is 3.07. The molecular weight excluding hydrogens is 380 g/mol. The molecule has 2 aromatic rings. The maximum atomic E-state index is 12.5. The summed E-state index contributed by atoms with van der Waals surface area (Å²) in [5.41, 5.74) is 1.24. The third kappa shape index (κ3) is 5.36. The normalized spacial score (nSPS) is 19.5. The van der Waals surface area contributed by atoms with Crippen molar-refractivity contribution in [1.29, 1.82) is 0 Å². The highest BCUT2D eigenvalue weighted by Crippen LogP contribution is 2.27. The lowest BCUT2D eigenvalue weighted by molar-refractivity contribution is -0.146. The van der Waals surface area contributed by atoms with E-state index in [0.29, 0.717) is 24.4 Å². The molecule has 0 bridgehead atoms. The smallest absolute Gasteiger partial charge is 0.339 e. The lowest BCUT2D eigenvalue weighted by Gasteiger charge is -2.35. The zero-order valence-electron chi connectivity index (χ0n) is 16.2. The first-order valence-electron chi connectivity index (χ1n) is 9.16. The molecule has 1 fully saturated rings. The fourth-order valence-corrected chi connectivity index (χ4v) is 3.99. The van der Waals surface area contributed by atoms with Gasteiger partial charge in [0.2, 0.25) is 0 Å². The van der Waals surface area contributed by atoms with E-state index >= 15 is 0 Å². The van der Waals surface area contributed by atoms with Crippen LogP contribution in [0.25, 0.3) is 0 Å². The molecule has 1 aromatic heterocycles. The molecule has 28 heavy (non-hydrogen) atoms. The fraction of sp³-hybridized carbons (Fsp3) is 0.450. The quantitative estimate of drug-likeness (QED) is 0.540. The Kier molecular flexibility index (Phi) is 6.74. The minimum atomic E-state index is -0.514. The number of morpholine rings is 1. The number of aryl methyl sites for hydroxylation is 1. The van der Waals surface area contributed by atoms with Crippen molar-refractivity contribution in [1.82, 2.24) is 10.1 Å². The monoisotopic (exact) mass is 404 g/mol. The number of hydrogen-bond donors (Lipinski definition) is 0. The van der Waals surface area contributed by atoms with Crippen molar-refractivity contribution >= 4 is 23.6 Å². The number of benzene rings is 1. The van der Waals surface area contributed by atoms with E-state index < -0.39 is 5.97 Å². The average molecular weight is 404 g/mol. The Bertz CT molecular complexity index is 828. The zero-order valence-corrected chi connectivity index (χ0v) is 17.0. The summed E-state index contributed by atoms with van der Waals surface area (Å²) in [5, 5.41) is 3.86. The molecule has 0 unspecified atom stereocenters. The van der Waals surface area contributed by atoms with Crippen LogP contribution in [0.1, 0.15) is 35.7 Å². The molecule has 0 aliphatic carbocycles. The van der Waals surface area contributed by atoms with Gasteiger partial charge in [-0.3, -0.25) is 4.79 Å². The van der Waals surface area contributed by atoms with Crippen molar-refractivity contribution in [2.75, 3.05) is 19.7 Å². The highest BCUT2D eigenvalue weighted by molar-refractivity contribution is 7.98. The van der Waals surface area contributed by atoms with Gasteiger partial charge in [0.25, 0.3) is 5.91 Å². The average Bonchev–Trinajstić information content (AvgIpc) is 3.09. The molecule has 150 valence electrons. The van der Waals surface area contributed by atoms with Crippen LogP contribution < -0.4 is 0 Å². The van der Waals surface area contributed by atoms with E-state index in [1.165, 1.54) is 11.8 Å². The Morgan fingerprint density at radius 1 is 1.25 bits per heavy atom. The molecule has 1 amide bonds. The standard InChI is InChI=1S/C20H24N2O5S/c1-13-8-16(27-21-13)12-28-18-7-5-4-6-17(18)20(24)25-11-19(23)22-9-14(2)26-15(3)10-22/h4-8,14-15H,9-12H2,1-3H3/t14-,15+. The molecule has 0 radical (unpaired) electrons. The number of esters is 1. The molecular formula is C20H24N2O5S. The van der Waals surface area contributed by atoms with Gasteiger partial charge in [0.1, 0.15) is 5.76 Å². The van der Waals surface area contributed by atoms with Crippen molar-refractivity contribution in [2.45, 2.75) is 43.6 Å². The first-order chi connectivity index (χ1) is 13.4. The number of aromatic nitrogens is 1. The van der Waals surface area contributed by atoms with E-state index in [4.69, 9.17) is 14.0 Å². The van der Waals surface area contributed by atoms with Crippen LogP contribution in [-0.4, -0.2) is 53.8 Å². The number of ether oxygens (including phenoxy) is 2. The van der Waals surface area contributed by atoms with E-state index in [1.807, 2.05) is 39.0 Å². The van der Waals surface area contributed by atoms with E-state index in [-0.39, 0.29) is 24.7 Å². The molecule has 0 spiro atoms. The van der Waals surface area contributed by atoms with Gasteiger partial charge in [-0.15, -0.1) is 11.8 Å². The van der Waals surface area contributed by atoms with Crippen LogP contribution in [0.15, 0.2) is 39.8 Å². The molecule has 1 saturated heterocycles. The topological polar surface area (TPSA) is 81.9 Å². The van der Waals surface area contributed by atoms with Gasteiger partial charge < -0.3 is 18.9 Å². The summed E-state index contributed by atoms with van der Waals surface area (Å²) in [6.07, 6.45) is -0.0551. The Morgan fingerprint density at radius 3 is 2.64 bits per heavy atom. The van der Waals surface area contributed by atoms with Crippen molar-refractivity contribution < 1.29 is 23.6 Å². The second kappa shape index (κ2) is 9.25. The molecule has 3 rings (SSSR count). The van der Waals surface area contributed by atoms with Crippen LogP contribution in [0.5, 0.6) is 0 Å². The minimum Gasteiger partial charge on any atom is -0.452 e. The number of rotatable bonds is 6. The van der Waals surface area contributed by atoms with Gasteiger partial charge in [0.05, 0.1) is 29.2 Å². The predicted molar refractivity (Wildman–Crippen MR) is 104 cm³/mol. The Morgan fingerprint density at radius 2 is 1.96 bits per heavy atom. The van der Waals surface area contributed by atoms with Crippen LogP contribution in [0.3, 0.4) is 0 Å². The van der Waals surface area contributed by atoms with Gasteiger partial charge in [0, 0.05) is 24.1 Å². The molecule has 2 atom stereocenters. The van der Waals surface area contributed by atoms with Gasteiger partial charge in [-0.1, -0.05) is 17.3 Å². The first kappa shape index (κ1) is 20.4. The minimum absolute atomic E-state index is 0.0275. The summed E-state index contributed by atoms with van der Waals surface area (Å²) < 4.78 is 16.1. The molecule has 1 aliphatic heterocycles. The van der Waals surface area contributed by atoms with E-state index in [0.717, 1.165) is 16.3 Å². The predicted octanol–water partition coefficient (Wildman–Crippen LogP) is 3.07. The Balaban J connectivity index is 1.57. The maximum absolute atomic E-state index is 12.5. The number of carbonyl (C=O) groups excluding carboxylic acids is 2. The molecule has 8 heteroatoms. The van der Waals surface area contributed by atoms with Crippen LogP contribution >= 0.6 is 11.8 Å². The third-order valence-corrected chi connectivity index (χ3v) is 5.35. The number of carbonyl (C=O) groups is 2. The molecule has 2 heterocycles. The molecule has 1 aliphatic rings. The van der Waals surface area contributed by atoms with Crippen LogP contribution in [-0.2, 0) is 20.0 Å². The van der Waals surface area contributed by atoms with Crippen molar-refractivity contribution in [3.63, 3.8) is 0 Å². The highest BCUT2D eigenvalue weighted by atomic mass is 32.2. The van der Waals surface area contributed by atoms with Crippen LogP contribution in [0.2, 0.25) is 0 Å². The second-order valence-corrected chi connectivity index (χ2v) is 7.87. The Labute approximate surface area is 168 Å². The number of hydrogen-bond acceptors (Lipinski definition) is 7. The number of nitrogens with zero attached hydrogens (tertiary/aromatic N) is 2. The van der Waals surface area contributed by atoms with Crippen molar-refractivity contribution in [2.24, 2.45) is 0 Å². The largest absolute Gasteiger partial charge is 0.452 e. The Hall–Kier alpha value is -2.32. The highest BCUT2D eigenvalue weighted by Gasteiger charge is 2.26. The lowest BCUT2D eigenvalue weighted by Crippen LogP contribution is -2.49. The molecule has 1 aromatic carbocycles. The second-order valence-electron chi connectivity index (χ2n) is 6.85. The van der Waals surface area contributed by atoms with Gasteiger partial charge in [-0.2, -0.15) is 0 Å². The van der Waals surface area contributed by atoms with Gasteiger partial charge >= 0.3 is 5.97 Å². The summed E-state index contributed by atoms with van der Waals surface area (Å²) in [4.78, 5) is 27.4. The summed E-state index contributed by atoms with van der Waals surface area (Å²) in [6.45, 7) is 6.43. The summed E-state index contributed by atoms with van der Waals surface area (Å²) in [5.74, 6) is 0.557. The van der Waals surface area contributed by atoms with Crippen LogP contribution in [0, 0.1) is 6.92 Å². The van der Waals surface area contributed by atoms with Gasteiger partial charge in [-0.05, 0) is 32.9 Å².